The molecule has 15 heavy (non-hydrogen) atoms. The SMILES string of the molecule is CC/C=C/[C@@H](O)[C@H](CO)NC(=O)CCC. The highest BCUT2D eigenvalue weighted by atomic mass is 16.3. The van der Waals surface area contributed by atoms with Crippen molar-refractivity contribution in [1.82, 2.24) is 5.32 Å². The van der Waals surface area contributed by atoms with Gasteiger partial charge in [-0.15, -0.1) is 0 Å². The molecule has 0 heterocycles. The van der Waals surface area contributed by atoms with Crippen molar-refractivity contribution in [2.24, 2.45) is 0 Å². The number of aliphatic hydroxyl groups excluding tert-OH is 2. The number of hydrogen-bond donors (Lipinski definition) is 3. The quantitative estimate of drug-likeness (QED) is 0.544. The van der Waals surface area contributed by atoms with E-state index in [2.05, 4.69) is 5.32 Å². The second-order valence-corrected chi connectivity index (χ2v) is 3.43. The number of aliphatic hydroxyl groups is 2. The molecule has 0 bridgehead atoms. The zero-order valence-electron chi connectivity index (χ0n) is 9.44. The Labute approximate surface area is 91.0 Å². The van der Waals surface area contributed by atoms with Gasteiger partial charge in [0, 0.05) is 6.42 Å². The minimum Gasteiger partial charge on any atom is -0.394 e. The van der Waals surface area contributed by atoms with Crippen LogP contribution in [0.15, 0.2) is 12.2 Å². The number of nitrogens with one attached hydrogen (secondary N) is 1. The Hall–Kier alpha value is -0.870. The maximum atomic E-state index is 11.2. The van der Waals surface area contributed by atoms with Gasteiger partial charge in [-0.1, -0.05) is 26.0 Å². The Morgan fingerprint density at radius 2 is 2.13 bits per heavy atom. The molecule has 4 nitrogen and oxygen atoms in total. The molecule has 0 aromatic rings. The maximum absolute atomic E-state index is 11.2. The van der Waals surface area contributed by atoms with Gasteiger partial charge in [-0.2, -0.15) is 0 Å². The van der Waals surface area contributed by atoms with Crippen LogP contribution in [0.3, 0.4) is 0 Å². The first-order valence-corrected chi connectivity index (χ1v) is 5.40. The van der Waals surface area contributed by atoms with E-state index in [4.69, 9.17) is 5.11 Å². The van der Waals surface area contributed by atoms with Crippen LogP contribution in [0.1, 0.15) is 33.1 Å². The molecule has 2 atom stereocenters. The van der Waals surface area contributed by atoms with E-state index in [0.29, 0.717) is 6.42 Å². The van der Waals surface area contributed by atoms with Crippen LogP contribution in [0.5, 0.6) is 0 Å². The molecule has 0 saturated carbocycles. The van der Waals surface area contributed by atoms with E-state index in [1.165, 1.54) is 0 Å². The Morgan fingerprint density at radius 1 is 1.47 bits per heavy atom. The van der Waals surface area contributed by atoms with Crippen LogP contribution in [-0.2, 0) is 4.79 Å². The maximum Gasteiger partial charge on any atom is 0.220 e. The molecule has 0 spiro atoms. The van der Waals surface area contributed by atoms with Gasteiger partial charge in [0.25, 0.3) is 0 Å². The number of amides is 1. The number of carbonyl (C=O) groups excluding carboxylic acids is 1. The van der Waals surface area contributed by atoms with Crippen LogP contribution in [0.25, 0.3) is 0 Å². The zero-order valence-corrected chi connectivity index (χ0v) is 9.44. The van der Waals surface area contributed by atoms with Crippen molar-refractivity contribution >= 4 is 5.91 Å². The van der Waals surface area contributed by atoms with Gasteiger partial charge in [0.15, 0.2) is 0 Å². The van der Waals surface area contributed by atoms with Gasteiger partial charge in [0.2, 0.25) is 5.91 Å². The Morgan fingerprint density at radius 3 is 2.60 bits per heavy atom. The van der Waals surface area contributed by atoms with Gasteiger partial charge in [-0.3, -0.25) is 4.79 Å². The standard InChI is InChI=1S/C11H21NO3/c1-3-5-7-10(14)9(8-13)12-11(15)6-4-2/h5,7,9-10,13-14H,3-4,6,8H2,1-2H3,(H,12,15)/b7-5+/t9-,10+/m0/s1. The predicted molar refractivity (Wildman–Crippen MR) is 59.4 cm³/mol. The Balaban J connectivity index is 4.11. The highest BCUT2D eigenvalue weighted by molar-refractivity contribution is 5.76. The topological polar surface area (TPSA) is 69.6 Å². The lowest BCUT2D eigenvalue weighted by Gasteiger charge is -2.19. The average molecular weight is 215 g/mol. The predicted octanol–water partition coefficient (Wildman–Crippen LogP) is 0.591. The third-order valence-corrected chi connectivity index (χ3v) is 2.00. The molecular weight excluding hydrogens is 194 g/mol. The van der Waals surface area contributed by atoms with Crippen LogP contribution in [0, 0.1) is 0 Å². The molecular formula is C11H21NO3. The fourth-order valence-electron chi connectivity index (χ4n) is 1.15. The molecule has 0 rings (SSSR count). The molecule has 0 aliphatic heterocycles. The monoisotopic (exact) mass is 215 g/mol. The van der Waals surface area contributed by atoms with Crippen molar-refractivity contribution in [1.29, 1.82) is 0 Å². The normalized spacial score (nSPS) is 15.2. The molecule has 88 valence electrons. The third-order valence-electron chi connectivity index (χ3n) is 2.00. The molecule has 0 fully saturated rings. The number of rotatable bonds is 7. The zero-order chi connectivity index (χ0) is 11.7. The second-order valence-electron chi connectivity index (χ2n) is 3.43. The van der Waals surface area contributed by atoms with Crippen molar-refractivity contribution in [3.63, 3.8) is 0 Å². The molecule has 0 aliphatic rings. The highest BCUT2D eigenvalue weighted by Crippen LogP contribution is 1.98. The molecule has 0 aromatic heterocycles. The molecule has 1 amide bonds. The molecule has 3 N–H and O–H groups in total. The summed E-state index contributed by atoms with van der Waals surface area (Å²) in [4.78, 5) is 11.2. The summed E-state index contributed by atoms with van der Waals surface area (Å²) in [5, 5.41) is 21.2. The van der Waals surface area contributed by atoms with Gasteiger partial charge in [-0.25, -0.2) is 0 Å². The average Bonchev–Trinajstić information content (AvgIpc) is 2.22. The summed E-state index contributed by atoms with van der Waals surface area (Å²) in [6, 6.07) is -0.605. The van der Waals surface area contributed by atoms with Crippen molar-refractivity contribution in [2.45, 2.75) is 45.3 Å². The first-order valence-electron chi connectivity index (χ1n) is 5.40. The van der Waals surface area contributed by atoms with Crippen LogP contribution >= 0.6 is 0 Å². The summed E-state index contributed by atoms with van der Waals surface area (Å²) >= 11 is 0. The first kappa shape index (κ1) is 14.1. The van der Waals surface area contributed by atoms with Crippen LogP contribution in [0.4, 0.5) is 0 Å². The van der Waals surface area contributed by atoms with E-state index in [0.717, 1.165) is 12.8 Å². The van der Waals surface area contributed by atoms with E-state index < -0.39 is 12.1 Å². The highest BCUT2D eigenvalue weighted by Gasteiger charge is 2.17. The molecule has 0 radical (unpaired) electrons. The van der Waals surface area contributed by atoms with E-state index in [1.54, 1.807) is 12.2 Å². The third kappa shape index (κ3) is 6.25. The van der Waals surface area contributed by atoms with Gasteiger partial charge < -0.3 is 15.5 Å². The number of allylic oxidation sites excluding steroid dienone is 1. The van der Waals surface area contributed by atoms with Crippen molar-refractivity contribution in [3.8, 4) is 0 Å². The summed E-state index contributed by atoms with van der Waals surface area (Å²) in [5.74, 6) is -0.138. The lowest BCUT2D eigenvalue weighted by Crippen LogP contribution is -2.45. The van der Waals surface area contributed by atoms with Gasteiger partial charge >= 0.3 is 0 Å². The van der Waals surface area contributed by atoms with Crippen molar-refractivity contribution in [2.75, 3.05) is 6.61 Å². The van der Waals surface area contributed by atoms with E-state index in [-0.39, 0.29) is 12.5 Å². The minimum absolute atomic E-state index is 0.138. The van der Waals surface area contributed by atoms with Gasteiger partial charge in [0.05, 0.1) is 18.8 Å². The largest absolute Gasteiger partial charge is 0.394 e. The van der Waals surface area contributed by atoms with E-state index in [9.17, 15) is 9.90 Å². The van der Waals surface area contributed by atoms with E-state index in [1.807, 2.05) is 13.8 Å². The lowest BCUT2D eigenvalue weighted by atomic mass is 10.1. The molecule has 0 saturated heterocycles. The van der Waals surface area contributed by atoms with Crippen LogP contribution in [0.2, 0.25) is 0 Å². The van der Waals surface area contributed by atoms with Crippen LogP contribution < -0.4 is 5.32 Å². The molecule has 0 unspecified atom stereocenters. The first-order chi connectivity index (χ1) is 7.15. The summed E-state index contributed by atoms with van der Waals surface area (Å²) in [7, 11) is 0. The lowest BCUT2D eigenvalue weighted by molar-refractivity contribution is -0.122. The summed E-state index contributed by atoms with van der Waals surface area (Å²) in [6.45, 7) is 3.60. The van der Waals surface area contributed by atoms with Gasteiger partial charge in [0.1, 0.15) is 0 Å². The Kier molecular flexibility index (Phi) is 7.95. The smallest absolute Gasteiger partial charge is 0.220 e. The fourth-order valence-corrected chi connectivity index (χ4v) is 1.15. The summed E-state index contributed by atoms with van der Waals surface area (Å²) in [5.41, 5.74) is 0. The van der Waals surface area contributed by atoms with Crippen LogP contribution in [-0.4, -0.2) is 34.9 Å². The summed E-state index contributed by atoms with van der Waals surface area (Å²) < 4.78 is 0. The number of carbonyl (C=O) groups is 1. The van der Waals surface area contributed by atoms with Crippen molar-refractivity contribution in [3.05, 3.63) is 12.2 Å². The fraction of sp³-hybridized carbons (Fsp3) is 0.727. The molecule has 0 aromatic carbocycles. The Bertz CT molecular complexity index is 204. The number of hydrogen-bond acceptors (Lipinski definition) is 3. The van der Waals surface area contributed by atoms with Crippen molar-refractivity contribution < 1.29 is 15.0 Å². The molecule has 0 aliphatic carbocycles. The summed E-state index contributed by atoms with van der Waals surface area (Å²) in [6.07, 6.45) is 4.56. The van der Waals surface area contributed by atoms with E-state index >= 15 is 0 Å². The van der Waals surface area contributed by atoms with Gasteiger partial charge in [-0.05, 0) is 12.8 Å². The second kappa shape index (κ2) is 8.44. The molecule has 4 heteroatoms. The minimum atomic E-state index is -0.823.